The van der Waals surface area contributed by atoms with Crippen LogP contribution in [0, 0.1) is 5.82 Å². The van der Waals surface area contributed by atoms with Gasteiger partial charge in [0.15, 0.2) is 0 Å². The number of benzene rings is 1. The summed E-state index contributed by atoms with van der Waals surface area (Å²) in [5, 5.41) is 7.15. The van der Waals surface area contributed by atoms with Gasteiger partial charge in [0.05, 0.1) is 6.04 Å². The first-order valence-electron chi connectivity index (χ1n) is 9.04. The lowest BCUT2D eigenvalue weighted by atomic mass is 10.0. The monoisotopic (exact) mass is 359 g/mol. The molecule has 1 aromatic heterocycles. The number of rotatable bonds is 7. The van der Waals surface area contributed by atoms with E-state index in [2.05, 4.69) is 27.3 Å². The van der Waals surface area contributed by atoms with Crippen LogP contribution in [0.25, 0.3) is 0 Å². The lowest BCUT2D eigenvalue weighted by Gasteiger charge is -2.38. The highest BCUT2D eigenvalue weighted by molar-refractivity contribution is 5.75. The van der Waals surface area contributed by atoms with Crippen molar-refractivity contribution in [3.05, 3.63) is 54.1 Å². The molecule has 0 spiro atoms. The summed E-state index contributed by atoms with van der Waals surface area (Å²) in [7, 11) is 2.11. The summed E-state index contributed by atoms with van der Waals surface area (Å²) < 4.78 is 15.0. The number of likely N-dealkylation sites (N-methyl/N-ethyl adjacent to an activating group) is 1. The van der Waals surface area contributed by atoms with Crippen LogP contribution < -0.4 is 5.32 Å². The van der Waals surface area contributed by atoms with Crippen LogP contribution in [0.1, 0.15) is 18.0 Å². The molecule has 1 aliphatic rings. The Balaban J connectivity index is 1.59. The number of nitrogens with one attached hydrogen (secondary N) is 1. The summed E-state index contributed by atoms with van der Waals surface area (Å²) in [5.41, 5.74) is 1.03. The van der Waals surface area contributed by atoms with Crippen molar-refractivity contribution in [2.75, 3.05) is 39.8 Å². The first-order valence-corrected chi connectivity index (χ1v) is 9.04. The van der Waals surface area contributed by atoms with Crippen LogP contribution in [0.3, 0.4) is 0 Å². The molecule has 1 saturated heterocycles. The Hall–Kier alpha value is -2.25. The van der Waals surface area contributed by atoms with E-state index in [1.807, 2.05) is 24.4 Å². The predicted octanol–water partition coefficient (Wildman–Crippen LogP) is 1.52. The minimum absolute atomic E-state index is 0.00161. The molecule has 2 aromatic rings. The molecular weight excluding hydrogens is 333 g/mol. The maximum Gasteiger partial charge on any atom is 0.221 e. The van der Waals surface area contributed by atoms with E-state index in [-0.39, 0.29) is 17.8 Å². The number of carbonyl (C=O) groups is 1. The molecule has 0 saturated carbocycles. The molecule has 1 aromatic carbocycles. The van der Waals surface area contributed by atoms with E-state index in [0.717, 1.165) is 31.7 Å². The second-order valence-electron chi connectivity index (χ2n) is 6.73. The van der Waals surface area contributed by atoms with Gasteiger partial charge in [0.1, 0.15) is 5.82 Å². The second kappa shape index (κ2) is 8.91. The molecule has 0 bridgehead atoms. The highest BCUT2D eigenvalue weighted by atomic mass is 19.1. The number of carbonyl (C=O) groups excluding carboxylic acids is 1. The molecule has 0 aliphatic carbocycles. The van der Waals surface area contributed by atoms with Crippen LogP contribution in [0.2, 0.25) is 0 Å². The van der Waals surface area contributed by atoms with Gasteiger partial charge < -0.3 is 10.2 Å². The largest absolute Gasteiger partial charge is 0.354 e. The average Bonchev–Trinajstić information content (AvgIpc) is 3.16. The van der Waals surface area contributed by atoms with Gasteiger partial charge in [-0.1, -0.05) is 12.1 Å². The van der Waals surface area contributed by atoms with E-state index in [1.54, 1.807) is 10.9 Å². The number of aromatic nitrogens is 2. The Kier molecular flexibility index (Phi) is 6.35. The molecule has 1 atom stereocenters. The highest BCUT2D eigenvalue weighted by Gasteiger charge is 2.24. The number of hydrogen-bond acceptors (Lipinski definition) is 4. The van der Waals surface area contributed by atoms with Crippen LogP contribution in [0.15, 0.2) is 42.7 Å². The van der Waals surface area contributed by atoms with Gasteiger partial charge in [0.25, 0.3) is 0 Å². The van der Waals surface area contributed by atoms with Gasteiger partial charge in [-0.3, -0.25) is 14.4 Å². The zero-order valence-corrected chi connectivity index (χ0v) is 15.1. The smallest absolute Gasteiger partial charge is 0.221 e. The second-order valence-corrected chi connectivity index (χ2v) is 6.73. The van der Waals surface area contributed by atoms with Gasteiger partial charge in [-0.2, -0.15) is 5.10 Å². The molecular formula is C19H26FN5O. The molecule has 0 radical (unpaired) electrons. The molecule has 2 heterocycles. The summed E-state index contributed by atoms with van der Waals surface area (Å²) >= 11 is 0. The maximum atomic E-state index is 13.3. The number of halogens is 1. The first kappa shape index (κ1) is 18.5. The number of piperazine rings is 1. The third-order valence-corrected chi connectivity index (χ3v) is 4.85. The van der Waals surface area contributed by atoms with Gasteiger partial charge in [-0.15, -0.1) is 0 Å². The maximum absolute atomic E-state index is 13.3. The van der Waals surface area contributed by atoms with Crippen molar-refractivity contribution in [2.45, 2.75) is 19.0 Å². The molecule has 1 N–H and O–H groups in total. The number of amides is 1. The van der Waals surface area contributed by atoms with Crippen molar-refractivity contribution in [3.63, 3.8) is 0 Å². The molecule has 140 valence electrons. The van der Waals surface area contributed by atoms with Crippen molar-refractivity contribution in [3.8, 4) is 0 Å². The van der Waals surface area contributed by atoms with Crippen molar-refractivity contribution >= 4 is 5.91 Å². The minimum Gasteiger partial charge on any atom is -0.354 e. The van der Waals surface area contributed by atoms with E-state index in [1.165, 1.54) is 12.1 Å². The van der Waals surface area contributed by atoms with Gasteiger partial charge in [0, 0.05) is 58.1 Å². The predicted molar refractivity (Wildman–Crippen MR) is 98.1 cm³/mol. The fraction of sp³-hybridized carbons (Fsp3) is 0.474. The van der Waals surface area contributed by atoms with Gasteiger partial charge in [-0.05, 0) is 30.8 Å². The zero-order chi connectivity index (χ0) is 18.4. The minimum atomic E-state index is -0.242. The average molecular weight is 359 g/mol. The van der Waals surface area contributed by atoms with Crippen molar-refractivity contribution in [2.24, 2.45) is 0 Å². The van der Waals surface area contributed by atoms with Crippen LogP contribution in [-0.2, 0) is 11.3 Å². The van der Waals surface area contributed by atoms with E-state index >= 15 is 0 Å². The molecule has 1 amide bonds. The van der Waals surface area contributed by atoms with Crippen LogP contribution in [-0.4, -0.2) is 65.3 Å². The number of hydrogen-bond donors (Lipinski definition) is 1. The van der Waals surface area contributed by atoms with Crippen molar-refractivity contribution < 1.29 is 9.18 Å². The number of nitrogens with zero attached hydrogens (tertiary/aromatic N) is 4. The lowest BCUT2D eigenvalue weighted by Crippen LogP contribution is -2.48. The molecule has 6 nitrogen and oxygen atoms in total. The van der Waals surface area contributed by atoms with Gasteiger partial charge >= 0.3 is 0 Å². The summed E-state index contributed by atoms with van der Waals surface area (Å²) in [6, 6.07) is 8.49. The Morgan fingerprint density at radius 3 is 2.62 bits per heavy atom. The van der Waals surface area contributed by atoms with Crippen molar-refractivity contribution in [1.82, 2.24) is 24.9 Å². The summed E-state index contributed by atoms with van der Waals surface area (Å²) in [5.74, 6) is -0.240. The zero-order valence-electron chi connectivity index (χ0n) is 15.1. The first-order chi connectivity index (χ1) is 12.6. The summed E-state index contributed by atoms with van der Waals surface area (Å²) in [4.78, 5) is 16.9. The van der Waals surface area contributed by atoms with E-state index in [9.17, 15) is 9.18 Å². The van der Waals surface area contributed by atoms with Gasteiger partial charge in [-0.25, -0.2) is 4.39 Å². The van der Waals surface area contributed by atoms with Crippen LogP contribution in [0.5, 0.6) is 0 Å². The third-order valence-electron chi connectivity index (χ3n) is 4.85. The molecule has 1 unspecified atom stereocenters. The van der Waals surface area contributed by atoms with E-state index in [4.69, 9.17) is 0 Å². The summed E-state index contributed by atoms with van der Waals surface area (Å²) in [6.45, 7) is 4.93. The van der Waals surface area contributed by atoms with Gasteiger partial charge in [0.2, 0.25) is 5.91 Å². The van der Waals surface area contributed by atoms with E-state index in [0.29, 0.717) is 19.5 Å². The SMILES string of the molecule is CN1CCN(C(CNC(=O)CCn2cccn2)c2ccc(F)cc2)CC1. The quantitative estimate of drug-likeness (QED) is 0.814. The van der Waals surface area contributed by atoms with Crippen molar-refractivity contribution in [1.29, 1.82) is 0 Å². The Morgan fingerprint density at radius 1 is 1.23 bits per heavy atom. The standard InChI is InChI=1S/C19H26FN5O/c1-23-11-13-24(14-12-23)18(16-3-5-17(20)6-4-16)15-21-19(26)7-10-25-9-2-8-22-25/h2-6,8-9,18H,7,10-15H2,1H3,(H,21,26). The van der Waals surface area contributed by atoms with Crippen LogP contribution in [0.4, 0.5) is 4.39 Å². The fourth-order valence-electron chi connectivity index (χ4n) is 3.22. The van der Waals surface area contributed by atoms with E-state index < -0.39 is 0 Å². The topological polar surface area (TPSA) is 53.4 Å². The molecule has 3 rings (SSSR count). The molecule has 7 heteroatoms. The Labute approximate surface area is 153 Å². The third kappa shape index (κ3) is 5.12. The van der Waals surface area contributed by atoms with Crippen LogP contribution >= 0.6 is 0 Å². The Bertz CT molecular complexity index is 680. The molecule has 26 heavy (non-hydrogen) atoms. The lowest BCUT2D eigenvalue weighted by molar-refractivity contribution is -0.121. The normalized spacial score (nSPS) is 17.2. The fourth-order valence-corrected chi connectivity index (χ4v) is 3.22. The number of aryl methyl sites for hydroxylation is 1. The Morgan fingerprint density at radius 2 is 1.96 bits per heavy atom. The molecule has 1 aliphatic heterocycles. The highest BCUT2D eigenvalue weighted by Crippen LogP contribution is 2.22. The molecule has 1 fully saturated rings. The summed E-state index contributed by atoms with van der Waals surface area (Å²) in [6.07, 6.45) is 3.94.